The van der Waals surface area contributed by atoms with Crippen LogP contribution in [-0.4, -0.2) is 35.7 Å². The summed E-state index contributed by atoms with van der Waals surface area (Å²) in [6, 6.07) is 3.18. The number of amides is 2. The van der Waals surface area contributed by atoms with E-state index in [1.807, 2.05) is 19.9 Å². The SMILES string of the molecule is Cc1cc(C)nc(-n2nccc2NC(=O)NCc2ncc[nH]2)n1. The van der Waals surface area contributed by atoms with Crippen molar-refractivity contribution in [2.75, 3.05) is 5.32 Å². The normalized spacial score (nSPS) is 10.5. The standard InChI is InChI=1S/C14H16N8O/c1-9-7-10(2)20-13(19-9)22-12(3-4-18-22)21-14(23)17-8-11-15-5-6-16-11/h3-7H,8H2,1-2H3,(H,15,16)(H2,17,21,23). The van der Waals surface area contributed by atoms with Gasteiger partial charge in [-0.05, 0) is 19.9 Å². The van der Waals surface area contributed by atoms with Gasteiger partial charge in [-0.1, -0.05) is 0 Å². The van der Waals surface area contributed by atoms with Gasteiger partial charge in [-0.25, -0.2) is 19.7 Å². The van der Waals surface area contributed by atoms with E-state index in [0.717, 1.165) is 11.4 Å². The summed E-state index contributed by atoms with van der Waals surface area (Å²) in [5.41, 5.74) is 1.66. The zero-order valence-electron chi connectivity index (χ0n) is 12.7. The highest BCUT2D eigenvalue weighted by molar-refractivity contribution is 5.88. The molecule has 3 aromatic rings. The number of aryl methyl sites for hydroxylation is 2. The third-order valence-electron chi connectivity index (χ3n) is 3.02. The van der Waals surface area contributed by atoms with Crippen LogP contribution in [0.4, 0.5) is 10.6 Å². The van der Waals surface area contributed by atoms with Crippen molar-refractivity contribution in [1.82, 2.24) is 35.0 Å². The van der Waals surface area contributed by atoms with E-state index in [9.17, 15) is 4.79 Å². The Hall–Kier alpha value is -3.23. The van der Waals surface area contributed by atoms with Crippen LogP contribution in [0.1, 0.15) is 17.2 Å². The maximum absolute atomic E-state index is 12.0. The summed E-state index contributed by atoms with van der Waals surface area (Å²) in [5, 5.41) is 9.58. The van der Waals surface area contributed by atoms with E-state index in [-0.39, 0.29) is 6.03 Å². The van der Waals surface area contributed by atoms with E-state index in [4.69, 9.17) is 0 Å². The third kappa shape index (κ3) is 3.51. The van der Waals surface area contributed by atoms with Crippen molar-refractivity contribution < 1.29 is 4.79 Å². The summed E-state index contributed by atoms with van der Waals surface area (Å²) in [6.45, 7) is 4.06. The highest BCUT2D eigenvalue weighted by Gasteiger charge is 2.11. The molecule has 3 rings (SSSR count). The summed E-state index contributed by atoms with van der Waals surface area (Å²) in [7, 11) is 0. The highest BCUT2D eigenvalue weighted by Crippen LogP contribution is 2.12. The molecular formula is C14H16N8O. The molecule has 3 N–H and O–H groups in total. The monoisotopic (exact) mass is 312 g/mol. The van der Waals surface area contributed by atoms with Crippen molar-refractivity contribution in [3.05, 3.63) is 47.9 Å². The van der Waals surface area contributed by atoms with Crippen molar-refractivity contribution in [2.45, 2.75) is 20.4 Å². The number of nitrogens with one attached hydrogen (secondary N) is 3. The van der Waals surface area contributed by atoms with Crippen molar-refractivity contribution in [3.8, 4) is 5.95 Å². The van der Waals surface area contributed by atoms with Crippen LogP contribution >= 0.6 is 0 Å². The first-order chi connectivity index (χ1) is 11.1. The van der Waals surface area contributed by atoms with Gasteiger partial charge in [-0.15, -0.1) is 0 Å². The molecule has 23 heavy (non-hydrogen) atoms. The number of hydrogen-bond acceptors (Lipinski definition) is 5. The number of anilines is 1. The molecule has 0 atom stereocenters. The summed E-state index contributed by atoms with van der Waals surface area (Å²) < 4.78 is 1.48. The Morgan fingerprint density at radius 1 is 1.26 bits per heavy atom. The van der Waals surface area contributed by atoms with Gasteiger partial charge >= 0.3 is 6.03 Å². The molecule has 2 amide bonds. The summed E-state index contributed by atoms with van der Waals surface area (Å²) in [6.07, 6.45) is 4.89. The molecule has 0 fully saturated rings. The molecule has 9 nitrogen and oxygen atoms in total. The lowest BCUT2D eigenvalue weighted by atomic mass is 10.4. The van der Waals surface area contributed by atoms with Gasteiger partial charge in [0.05, 0.1) is 12.7 Å². The summed E-state index contributed by atoms with van der Waals surface area (Å²) >= 11 is 0. The second-order valence-corrected chi connectivity index (χ2v) is 4.92. The Morgan fingerprint density at radius 2 is 2.04 bits per heavy atom. The smallest absolute Gasteiger partial charge is 0.320 e. The number of aromatic amines is 1. The Labute approximate surface area is 132 Å². The van der Waals surface area contributed by atoms with Crippen molar-refractivity contribution >= 4 is 11.8 Å². The Balaban J connectivity index is 1.72. The number of nitrogens with zero attached hydrogens (tertiary/aromatic N) is 5. The first-order valence-corrected chi connectivity index (χ1v) is 7.01. The lowest BCUT2D eigenvalue weighted by Crippen LogP contribution is -2.29. The number of urea groups is 1. The molecule has 118 valence electrons. The first-order valence-electron chi connectivity index (χ1n) is 7.01. The summed E-state index contributed by atoms with van der Waals surface area (Å²) in [4.78, 5) is 27.6. The molecule has 0 aliphatic rings. The molecular weight excluding hydrogens is 296 g/mol. The molecule has 0 spiro atoms. The van der Waals surface area contributed by atoms with Crippen LogP contribution in [0.2, 0.25) is 0 Å². The third-order valence-corrected chi connectivity index (χ3v) is 3.02. The van der Waals surface area contributed by atoms with E-state index >= 15 is 0 Å². The second-order valence-electron chi connectivity index (χ2n) is 4.92. The predicted molar refractivity (Wildman–Crippen MR) is 83.1 cm³/mol. The molecule has 0 unspecified atom stereocenters. The maximum atomic E-state index is 12.0. The quantitative estimate of drug-likeness (QED) is 0.672. The molecule has 0 bridgehead atoms. The molecule has 0 radical (unpaired) electrons. The van der Waals surface area contributed by atoms with Crippen molar-refractivity contribution in [1.29, 1.82) is 0 Å². The first kappa shape index (κ1) is 14.7. The number of aromatic nitrogens is 6. The number of H-pyrrole nitrogens is 1. The van der Waals surface area contributed by atoms with Crippen molar-refractivity contribution in [2.24, 2.45) is 0 Å². The zero-order chi connectivity index (χ0) is 16.2. The van der Waals surface area contributed by atoms with E-state index in [2.05, 4.69) is 35.7 Å². The fraction of sp³-hybridized carbons (Fsp3) is 0.214. The van der Waals surface area contributed by atoms with Gasteiger partial charge in [0, 0.05) is 29.8 Å². The largest absolute Gasteiger partial charge is 0.347 e. The van der Waals surface area contributed by atoms with E-state index in [0.29, 0.717) is 24.1 Å². The Kier molecular flexibility index (Phi) is 4.00. The van der Waals surface area contributed by atoms with Gasteiger partial charge in [0.25, 0.3) is 5.95 Å². The van der Waals surface area contributed by atoms with Crippen LogP contribution in [0.15, 0.2) is 30.7 Å². The Bertz CT molecular complexity index is 788. The van der Waals surface area contributed by atoms with Crippen molar-refractivity contribution in [3.63, 3.8) is 0 Å². The number of hydrogen-bond donors (Lipinski definition) is 3. The average Bonchev–Trinajstić information content (AvgIpc) is 3.15. The fourth-order valence-corrected chi connectivity index (χ4v) is 2.08. The molecule has 3 heterocycles. The van der Waals surface area contributed by atoms with Gasteiger partial charge in [-0.3, -0.25) is 5.32 Å². The number of rotatable bonds is 4. The van der Waals surface area contributed by atoms with Crippen LogP contribution in [0.25, 0.3) is 5.95 Å². The van der Waals surface area contributed by atoms with Gasteiger partial charge < -0.3 is 10.3 Å². The van der Waals surface area contributed by atoms with Gasteiger partial charge in [0.1, 0.15) is 11.6 Å². The predicted octanol–water partition coefficient (Wildman–Crippen LogP) is 1.32. The van der Waals surface area contributed by atoms with Gasteiger partial charge in [-0.2, -0.15) is 9.78 Å². The zero-order valence-corrected chi connectivity index (χ0v) is 12.7. The van der Waals surface area contributed by atoms with Crippen LogP contribution < -0.4 is 10.6 Å². The van der Waals surface area contributed by atoms with Crippen LogP contribution in [0.5, 0.6) is 0 Å². The number of imidazole rings is 1. The topological polar surface area (TPSA) is 113 Å². The molecule has 0 aliphatic heterocycles. The Morgan fingerprint density at radius 3 is 2.74 bits per heavy atom. The minimum atomic E-state index is -0.368. The molecule has 0 aromatic carbocycles. The summed E-state index contributed by atoms with van der Waals surface area (Å²) in [5.74, 6) is 1.56. The van der Waals surface area contributed by atoms with Crippen LogP contribution in [-0.2, 0) is 6.54 Å². The van der Waals surface area contributed by atoms with E-state index in [1.54, 1.807) is 24.7 Å². The second kappa shape index (κ2) is 6.26. The van der Waals surface area contributed by atoms with E-state index < -0.39 is 0 Å². The maximum Gasteiger partial charge on any atom is 0.320 e. The van der Waals surface area contributed by atoms with E-state index in [1.165, 1.54) is 4.68 Å². The minimum Gasteiger partial charge on any atom is -0.347 e. The van der Waals surface area contributed by atoms with Crippen LogP contribution in [0.3, 0.4) is 0 Å². The lowest BCUT2D eigenvalue weighted by molar-refractivity contribution is 0.251. The molecule has 3 aromatic heterocycles. The lowest BCUT2D eigenvalue weighted by Gasteiger charge is -2.09. The molecule has 9 heteroatoms. The average molecular weight is 312 g/mol. The molecule has 0 saturated heterocycles. The van der Waals surface area contributed by atoms with Gasteiger partial charge in [0.2, 0.25) is 0 Å². The highest BCUT2D eigenvalue weighted by atomic mass is 16.2. The minimum absolute atomic E-state index is 0.299. The fourth-order valence-electron chi connectivity index (χ4n) is 2.08. The number of carbonyl (C=O) groups is 1. The molecule has 0 aliphatic carbocycles. The number of carbonyl (C=O) groups excluding carboxylic acids is 1. The van der Waals surface area contributed by atoms with Crippen LogP contribution in [0, 0.1) is 13.8 Å². The molecule has 0 saturated carbocycles. The van der Waals surface area contributed by atoms with Gasteiger partial charge in [0.15, 0.2) is 0 Å².